The molecule has 2 aromatic carbocycles. The van der Waals surface area contributed by atoms with Gasteiger partial charge in [-0.1, -0.05) is 18.2 Å². The van der Waals surface area contributed by atoms with Gasteiger partial charge in [0.05, 0.1) is 23.0 Å². The standard InChI is InChI=1S/C19H17F3N4O2/c1-23-17(27)10-16-25-14-7-2-3-8-15(14)26(16)11-18(28)24-13-6-4-5-12(9-13)19(20,21)22/h2-9H,10-11H2,1H3,(H,23,27)(H,24,28). The van der Waals surface area contributed by atoms with Crippen LogP contribution < -0.4 is 10.6 Å². The van der Waals surface area contributed by atoms with E-state index in [2.05, 4.69) is 15.6 Å². The van der Waals surface area contributed by atoms with Gasteiger partial charge >= 0.3 is 6.18 Å². The Labute approximate surface area is 158 Å². The summed E-state index contributed by atoms with van der Waals surface area (Å²) in [5, 5.41) is 4.96. The lowest BCUT2D eigenvalue weighted by atomic mass is 10.2. The normalized spacial score (nSPS) is 11.4. The van der Waals surface area contributed by atoms with Crippen molar-refractivity contribution in [3.63, 3.8) is 0 Å². The number of hydrogen-bond donors (Lipinski definition) is 2. The summed E-state index contributed by atoms with van der Waals surface area (Å²) >= 11 is 0. The molecule has 6 nitrogen and oxygen atoms in total. The molecule has 0 aliphatic rings. The van der Waals surface area contributed by atoms with Crippen molar-refractivity contribution in [1.29, 1.82) is 0 Å². The molecule has 0 atom stereocenters. The number of carbonyl (C=O) groups excluding carboxylic acids is 2. The van der Waals surface area contributed by atoms with Crippen LogP contribution in [0.25, 0.3) is 11.0 Å². The summed E-state index contributed by atoms with van der Waals surface area (Å²) < 4.78 is 40.1. The monoisotopic (exact) mass is 390 g/mol. The Balaban J connectivity index is 1.85. The minimum atomic E-state index is -4.50. The van der Waals surface area contributed by atoms with Crippen molar-refractivity contribution in [2.24, 2.45) is 0 Å². The number of nitrogens with zero attached hydrogens (tertiary/aromatic N) is 2. The summed E-state index contributed by atoms with van der Waals surface area (Å²) in [6.45, 7) is -0.191. The van der Waals surface area contributed by atoms with Crippen LogP contribution in [0, 0.1) is 0 Å². The van der Waals surface area contributed by atoms with E-state index in [4.69, 9.17) is 0 Å². The first kappa shape index (κ1) is 19.4. The molecule has 0 fully saturated rings. The molecule has 0 saturated carbocycles. The van der Waals surface area contributed by atoms with Gasteiger partial charge in [0.25, 0.3) is 0 Å². The Morgan fingerprint density at radius 2 is 1.82 bits per heavy atom. The largest absolute Gasteiger partial charge is 0.416 e. The Morgan fingerprint density at radius 1 is 1.07 bits per heavy atom. The Bertz CT molecular complexity index is 1030. The minimum absolute atomic E-state index is 0.0258. The number of rotatable bonds is 5. The van der Waals surface area contributed by atoms with Crippen molar-refractivity contribution < 1.29 is 22.8 Å². The van der Waals surface area contributed by atoms with E-state index < -0.39 is 17.6 Å². The molecular formula is C19H17F3N4O2. The Hall–Kier alpha value is -3.36. The zero-order chi connectivity index (χ0) is 20.3. The molecule has 28 heavy (non-hydrogen) atoms. The van der Waals surface area contributed by atoms with E-state index in [1.165, 1.54) is 19.2 Å². The van der Waals surface area contributed by atoms with Crippen molar-refractivity contribution in [2.45, 2.75) is 19.1 Å². The molecule has 1 aromatic heterocycles. The van der Waals surface area contributed by atoms with Gasteiger partial charge in [0.1, 0.15) is 12.4 Å². The van der Waals surface area contributed by atoms with Crippen molar-refractivity contribution in [1.82, 2.24) is 14.9 Å². The average molecular weight is 390 g/mol. The molecule has 0 bridgehead atoms. The van der Waals surface area contributed by atoms with Crippen LogP contribution in [0.2, 0.25) is 0 Å². The predicted molar refractivity (Wildman–Crippen MR) is 97.6 cm³/mol. The van der Waals surface area contributed by atoms with Crippen molar-refractivity contribution in [3.05, 3.63) is 59.9 Å². The number of nitrogens with one attached hydrogen (secondary N) is 2. The van der Waals surface area contributed by atoms with E-state index >= 15 is 0 Å². The molecule has 0 aliphatic carbocycles. The maximum absolute atomic E-state index is 12.8. The zero-order valence-corrected chi connectivity index (χ0v) is 14.9. The van der Waals surface area contributed by atoms with Gasteiger partial charge in [-0.3, -0.25) is 9.59 Å². The summed E-state index contributed by atoms with van der Waals surface area (Å²) in [4.78, 5) is 28.6. The van der Waals surface area contributed by atoms with Crippen LogP contribution in [-0.2, 0) is 28.7 Å². The fourth-order valence-electron chi connectivity index (χ4n) is 2.79. The van der Waals surface area contributed by atoms with Gasteiger partial charge in [-0.2, -0.15) is 13.2 Å². The number of anilines is 1. The third-order valence-electron chi connectivity index (χ3n) is 4.11. The zero-order valence-electron chi connectivity index (χ0n) is 14.9. The van der Waals surface area contributed by atoms with Crippen LogP contribution in [0.5, 0.6) is 0 Å². The van der Waals surface area contributed by atoms with Crippen LogP contribution in [0.4, 0.5) is 18.9 Å². The highest BCUT2D eigenvalue weighted by molar-refractivity contribution is 5.92. The minimum Gasteiger partial charge on any atom is -0.359 e. The number of halogens is 3. The van der Waals surface area contributed by atoms with Crippen molar-refractivity contribution in [2.75, 3.05) is 12.4 Å². The van der Waals surface area contributed by atoms with Crippen LogP contribution >= 0.6 is 0 Å². The molecule has 0 aliphatic heterocycles. The molecule has 0 saturated heterocycles. The third kappa shape index (κ3) is 4.30. The lowest BCUT2D eigenvalue weighted by Gasteiger charge is -2.12. The first-order valence-corrected chi connectivity index (χ1v) is 8.40. The van der Waals surface area contributed by atoms with Gasteiger partial charge in [0, 0.05) is 12.7 Å². The smallest absolute Gasteiger partial charge is 0.359 e. The highest BCUT2D eigenvalue weighted by Gasteiger charge is 2.30. The molecule has 3 aromatic rings. The third-order valence-corrected chi connectivity index (χ3v) is 4.11. The number of likely N-dealkylation sites (N-methyl/N-ethyl adjacent to an activating group) is 1. The number of carbonyl (C=O) groups is 2. The molecule has 0 unspecified atom stereocenters. The van der Waals surface area contributed by atoms with Gasteiger partial charge in [-0.25, -0.2) is 4.98 Å². The fraction of sp³-hybridized carbons (Fsp3) is 0.211. The Kier molecular flexibility index (Phi) is 5.34. The maximum atomic E-state index is 12.8. The summed E-state index contributed by atoms with van der Waals surface area (Å²) in [5.74, 6) is -0.407. The Morgan fingerprint density at radius 3 is 2.54 bits per heavy atom. The van der Waals surface area contributed by atoms with Gasteiger partial charge in [-0.05, 0) is 30.3 Å². The molecule has 146 valence electrons. The summed E-state index contributed by atoms with van der Waals surface area (Å²) in [6.07, 6.45) is -4.52. The number of aromatic nitrogens is 2. The molecule has 2 amide bonds. The second kappa shape index (κ2) is 7.71. The number of para-hydroxylation sites is 2. The molecule has 9 heteroatoms. The van der Waals surface area contributed by atoms with E-state index in [1.54, 1.807) is 28.8 Å². The number of alkyl halides is 3. The second-order valence-electron chi connectivity index (χ2n) is 6.08. The van der Waals surface area contributed by atoms with E-state index in [0.717, 1.165) is 12.1 Å². The molecular weight excluding hydrogens is 373 g/mol. The van der Waals surface area contributed by atoms with Crippen LogP contribution in [0.1, 0.15) is 11.4 Å². The predicted octanol–water partition coefficient (Wildman–Crippen LogP) is 2.98. The summed E-state index contributed by atoms with van der Waals surface area (Å²) in [6, 6.07) is 11.5. The quantitative estimate of drug-likeness (QED) is 0.703. The highest BCUT2D eigenvalue weighted by Crippen LogP contribution is 2.30. The molecule has 1 heterocycles. The van der Waals surface area contributed by atoms with Crippen LogP contribution in [-0.4, -0.2) is 28.4 Å². The SMILES string of the molecule is CNC(=O)Cc1nc2ccccc2n1CC(=O)Nc1cccc(C(F)(F)F)c1. The molecule has 0 spiro atoms. The maximum Gasteiger partial charge on any atom is 0.416 e. The number of amides is 2. The van der Waals surface area contributed by atoms with Crippen LogP contribution in [0.3, 0.4) is 0 Å². The van der Waals surface area contributed by atoms with E-state index in [1.807, 2.05) is 0 Å². The second-order valence-corrected chi connectivity index (χ2v) is 6.08. The molecule has 3 rings (SSSR count). The number of hydrogen-bond acceptors (Lipinski definition) is 3. The molecule has 0 radical (unpaired) electrons. The van der Waals surface area contributed by atoms with Gasteiger partial charge in [-0.15, -0.1) is 0 Å². The first-order chi connectivity index (χ1) is 13.3. The van der Waals surface area contributed by atoms with E-state index in [0.29, 0.717) is 16.9 Å². The van der Waals surface area contributed by atoms with E-state index in [-0.39, 0.29) is 24.6 Å². The van der Waals surface area contributed by atoms with Crippen molar-refractivity contribution >= 4 is 28.5 Å². The molecule has 2 N–H and O–H groups in total. The van der Waals surface area contributed by atoms with Gasteiger partial charge < -0.3 is 15.2 Å². The lowest BCUT2D eigenvalue weighted by molar-refractivity contribution is -0.137. The lowest BCUT2D eigenvalue weighted by Crippen LogP contribution is -2.25. The first-order valence-electron chi connectivity index (χ1n) is 8.40. The average Bonchev–Trinajstić information content (AvgIpc) is 2.98. The van der Waals surface area contributed by atoms with Crippen LogP contribution in [0.15, 0.2) is 48.5 Å². The number of imidazole rings is 1. The van der Waals surface area contributed by atoms with Gasteiger partial charge in [0.15, 0.2) is 0 Å². The topological polar surface area (TPSA) is 76.0 Å². The highest BCUT2D eigenvalue weighted by atomic mass is 19.4. The summed E-state index contributed by atoms with van der Waals surface area (Å²) in [5.41, 5.74) is 0.463. The van der Waals surface area contributed by atoms with E-state index in [9.17, 15) is 22.8 Å². The summed E-state index contributed by atoms with van der Waals surface area (Å²) in [7, 11) is 1.50. The fourth-order valence-corrected chi connectivity index (χ4v) is 2.79. The van der Waals surface area contributed by atoms with Crippen molar-refractivity contribution in [3.8, 4) is 0 Å². The van der Waals surface area contributed by atoms with Gasteiger partial charge in [0.2, 0.25) is 11.8 Å². The number of fused-ring (bicyclic) bond motifs is 1. The number of benzene rings is 2.